The van der Waals surface area contributed by atoms with Crippen LogP contribution in [0.5, 0.6) is 0 Å². The van der Waals surface area contributed by atoms with Crippen molar-refractivity contribution in [2.75, 3.05) is 0 Å². The van der Waals surface area contributed by atoms with E-state index in [0.29, 0.717) is 11.1 Å². The van der Waals surface area contributed by atoms with Crippen molar-refractivity contribution in [2.45, 2.75) is 0 Å². The molecule has 0 amide bonds. The van der Waals surface area contributed by atoms with Gasteiger partial charge >= 0.3 is 0 Å². The van der Waals surface area contributed by atoms with Gasteiger partial charge in [-0.3, -0.25) is 0 Å². The molecule has 0 fully saturated rings. The lowest BCUT2D eigenvalue weighted by Crippen LogP contribution is -1.94. The van der Waals surface area contributed by atoms with Gasteiger partial charge in [-0.05, 0) is 72.8 Å². The van der Waals surface area contributed by atoms with Crippen molar-refractivity contribution in [1.82, 2.24) is 9.13 Å². The van der Waals surface area contributed by atoms with Crippen LogP contribution in [0.15, 0.2) is 126 Å². The molecule has 0 unspecified atom stereocenters. The van der Waals surface area contributed by atoms with E-state index >= 15 is 0 Å². The van der Waals surface area contributed by atoms with E-state index in [2.05, 4.69) is 69.8 Å². The van der Waals surface area contributed by atoms with Gasteiger partial charge in [0.05, 0.1) is 45.3 Å². The average molecular weight is 549 g/mol. The first-order valence-corrected chi connectivity index (χ1v) is 14.1. The number of hydrogen-bond acceptors (Lipinski definition) is 3. The summed E-state index contributed by atoms with van der Waals surface area (Å²) in [5, 5.41) is 25.8. The molecule has 0 N–H and O–H groups in total. The largest absolute Gasteiger partial charge is 0.456 e. The van der Waals surface area contributed by atoms with Crippen LogP contribution in [0, 0.1) is 22.7 Å². The molecular formula is C38H20N4O. The van der Waals surface area contributed by atoms with Crippen molar-refractivity contribution in [3.05, 3.63) is 132 Å². The van der Waals surface area contributed by atoms with E-state index in [1.165, 1.54) is 0 Å². The molecule has 0 aliphatic heterocycles. The van der Waals surface area contributed by atoms with Crippen LogP contribution in [0.4, 0.5) is 0 Å². The Morgan fingerprint density at radius 2 is 0.860 bits per heavy atom. The molecule has 5 nitrogen and oxygen atoms in total. The third-order valence-electron chi connectivity index (χ3n) is 8.56. The monoisotopic (exact) mass is 548 g/mol. The molecule has 0 radical (unpaired) electrons. The minimum atomic E-state index is 0.627. The van der Waals surface area contributed by atoms with Gasteiger partial charge in [-0.2, -0.15) is 10.5 Å². The lowest BCUT2D eigenvalue weighted by molar-refractivity contribution is 0.669. The first-order valence-electron chi connectivity index (χ1n) is 14.1. The number of nitrogens with zero attached hydrogens (tertiary/aromatic N) is 4. The zero-order chi connectivity index (χ0) is 28.7. The second kappa shape index (κ2) is 8.60. The number of para-hydroxylation sites is 2. The lowest BCUT2D eigenvalue weighted by atomic mass is 10.1. The predicted molar refractivity (Wildman–Crippen MR) is 172 cm³/mol. The van der Waals surface area contributed by atoms with Crippen LogP contribution in [-0.4, -0.2) is 9.13 Å². The Hall–Kier alpha value is -6.30. The topological polar surface area (TPSA) is 70.6 Å². The molecule has 0 bridgehead atoms. The van der Waals surface area contributed by atoms with E-state index in [-0.39, 0.29) is 0 Å². The van der Waals surface area contributed by atoms with E-state index in [1.807, 2.05) is 72.8 Å². The Labute approximate surface area is 245 Å². The molecule has 3 aromatic heterocycles. The normalized spacial score (nSPS) is 11.7. The maximum Gasteiger partial charge on any atom is 0.135 e. The summed E-state index contributed by atoms with van der Waals surface area (Å²) in [6, 6.07) is 45.6. The SMILES string of the molecule is N#Cc1ccc2c3ccccc3n(-c3ccc4oc5ccc(-n6c7ccccc7c7ccc(C#N)cc76)cc5c4c3)c2c1. The highest BCUT2D eigenvalue weighted by Gasteiger charge is 2.17. The zero-order valence-electron chi connectivity index (χ0n) is 22.7. The third kappa shape index (κ3) is 3.25. The summed E-state index contributed by atoms with van der Waals surface area (Å²) >= 11 is 0. The summed E-state index contributed by atoms with van der Waals surface area (Å²) < 4.78 is 10.8. The highest BCUT2D eigenvalue weighted by atomic mass is 16.3. The summed E-state index contributed by atoms with van der Waals surface area (Å²) in [6.07, 6.45) is 0. The molecule has 3 heterocycles. The van der Waals surface area contributed by atoms with Gasteiger partial charge in [0, 0.05) is 43.7 Å². The minimum Gasteiger partial charge on any atom is -0.456 e. The number of rotatable bonds is 2. The van der Waals surface area contributed by atoms with Gasteiger partial charge in [0.2, 0.25) is 0 Å². The third-order valence-corrected chi connectivity index (χ3v) is 8.56. The van der Waals surface area contributed by atoms with Crippen molar-refractivity contribution < 1.29 is 4.42 Å². The molecule has 0 aliphatic carbocycles. The standard InChI is InChI=1S/C38H20N4O/c39-21-23-9-13-29-27-5-1-3-7-33(27)41(35(29)17-23)25-11-15-37-31(19-25)32-20-26(12-16-38(32)43-37)42-34-8-4-2-6-28(34)30-14-10-24(22-40)18-36(30)42/h1-20H. The van der Waals surface area contributed by atoms with Crippen LogP contribution in [0.25, 0.3) is 76.9 Å². The molecule has 9 aromatic rings. The first kappa shape index (κ1) is 23.4. The molecule has 0 atom stereocenters. The van der Waals surface area contributed by atoms with Gasteiger partial charge in [-0.15, -0.1) is 0 Å². The van der Waals surface area contributed by atoms with Gasteiger partial charge < -0.3 is 13.6 Å². The van der Waals surface area contributed by atoms with Gasteiger partial charge in [0.1, 0.15) is 11.2 Å². The number of benzene rings is 6. The molecule has 0 spiro atoms. The van der Waals surface area contributed by atoms with Crippen molar-refractivity contribution in [1.29, 1.82) is 10.5 Å². The molecule has 0 saturated carbocycles. The first-order chi connectivity index (χ1) is 21.2. The van der Waals surface area contributed by atoms with Crippen molar-refractivity contribution >= 4 is 65.6 Å². The molecule has 5 heteroatoms. The number of nitriles is 2. The van der Waals surface area contributed by atoms with Crippen molar-refractivity contribution in [2.24, 2.45) is 0 Å². The summed E-state index contributed by atoms with van der Waals surface area (Å²) in [5.74, 6) is 0. The fraction of sp³-hybridized carbons (Fsp3) is 0. The molecule has 0 saturated heterocycles. The highest BCUT2D eigenvalue weighted by Crippen LogP contribution is 2.38. The van der Waals surface area contributed by atoms with E-state index in [9.17, 15) is 10.5 Å². The fourth-order valence-electron chi connectivity index (χ4n) is 6.67. The Morgan fingerprint density at radius 1 is 0.419 bits per heavy atom. The van der Waals surface area contributed by atoms with Crippen molar-refractivity contribution in [3.63, 3.8) is 0 Å². The molecule has 6 aromatic carbocycles. The Morgan fingerprint density at radius 3 is 1.33 bits per heavy atom. The summed E-state index contributed by atoms with van der Waals surface area (Å²) in [7, 11) is 0. The highest BCUT2D eigenvalue weighted by molar-refractivity contribution is 6.12. The second-order valence-corrected chi connectivity index (χ2v) is 10.9. The number of fused-ring (bicyclic) bond motifs is 9. The van der Waals surface area contributed by atoms with Crippen LogP contribution in [0.2, 0.25) is 0 Å². The molecular weight excluding hydrogens is 528 g/mol. The van der Waals surface area contributed by atoms with E-state index in [4.69, 9.17) is 4.42 Å². The quantitative estimate of drug-likeness (QED) is 0.216. The van der Waals surface area contributed by atoms with Crippen LogP contribution in [0.1, 0.15) is 11.1 Å². The van der Waals surface area contributed by atoms with Gasteiger partial charge in [0.15, 0.2) is 0 Å². The van der Waals surface area contributed by atoms with Crippen LogP contribution >= 0.6 is 0 Å². The smallest absolute Gasteiger partial charge is 0.135 e. The fourth-order valence-corrected chi connectivity index (χ4v) is 6.67. The Bertz CT molecular complexity index is 2520. The van der Waals surface area contributed by atoms with Crippen molar-refractivity contribution in [3.8, 4) is 23.5 Å². The molecule has 0 aliphatic rings. The van der Waals surface area contributed by atoms with Crippen LogP contribution in [0.3, 0.4) is 0 Å². The molecule has 198 valence electrons. The summed E-state index contributed by atoms with van der Waals surface area (Å²) in [6.45, 7) is 0. The number of furan rings is 1. The van der Waals surface area contributed by atoms with Gasteiger partial charge in [-0.1, -0.05) is 48.5 Å². The van der Waals surface area contributed by atoms with E-state index in [1.54, 1.807) is 0 Å². The van der Waals surface area contributed by atoms with Gasteiger partial charge in [0.25, 0.3) is 0 Å². The zero-order valence-corrected chi connectivity index (χ0v) is 22.7. The van der Waals surface area contributed by atoms with E-state index in [0.717, 1.165) is 76.9 Å². The Kier molecular flexibility index (Phi) is 4.68. The van der Waals surface area contributed by atoms with Crippen LogP contribution in [-0.2, 0) is 0 Å². The predicted octanol–water partition coefficient (Wildman–Crippen LogP) is 9.52. The summed E-state index contributed by atoms with van der Waals surface area (Å²) in [4.78, 5) is 0. The van der Waals surface area contributed by atoms with E-state index < -0.39 is 0 Å². The molecule has 9 rings (SSSR count). The maximum atomic E-state index is 9.64. The molecule has 43 heavy (non-hydrogen) atoms. The lowest BCUT2D eigenvalue weighted by Gasteiger charge is -2.09. The minimum absolute atomic E-state index is 0.627. The average Bonchev–Trinajstić information content (AvgIpc) is 3.70. The Balaban J connectivity index is 1.32. The summed E-state index contributed by atoms with van der Waals surface area (Å²) in [5.41, 5.74) is 9.02. The van der Waals surface area contributed by atoms with Crippen LogP contribution < -0.4 is 0 Å². The second-order valence-electron chi connectivity index (χ2n) is 10.9. The maximum absolute atomic E-state index is 9.64. The number of aromatic nitrogens is 2. The number of hydrogen-bond donors (Lipinski definition) is 0. The van der Waals surface area contributed by atoms with Gasteiger partial charge in [-0.25, -0.2) is 0 Å².